The highest BCUT2D eigenvalue weighted by Gasteiger charge is 2.16. The third kappa shape index (κ3) is 2.01. The first kappa shape index (κ1) is 11.3. The highest BCUT2D eigenvalue weighted by Crippen LogP contribution is 2.31. The van der Waals surface area contributed by atoms with Gasteiger partial charge in [-0.25, -0.2) is 0 Å². The van der Waals surface area contributed by atoms with Crippen molar-refractivity contribution in [2.75, 3.05) is 23.8 Å². The fraction of sp³-hybridized carbons (Fsp3) is 0.571. The summed E-state index contributed by atoms with van der Waals surface area (Å²) in [6.45, 7) is 5.65. The van der Waals surface area contributed by atoms with Gasteiger partial charge in [0.05, 0.1) is 0 Å². The first-order chi connectivity index (χ1) is 7.74. The van der Waals surface area contributed by atoms with Crippen LogP contribution in [0.3, 0.4) is 0 Å². The van der Waals surface area contributed by atoms with Gasteiger partial charge in [0, 0.05) is 31.0 Å². The molecule has 0 bridgehead atoms. The molecule has 1 heterocycles. The van der Waals surface area contributed by atoms with E-state index in [-0.39, 0.29) is 0 Å². The summed E-state index contributed by atoms with van der Waals surface area (Å²) >= 11 is 0. The molecule has 1 aromatic carbocycles. The fourth-order valence-electron chi connectivity index (χ4n) is 2.33. The maximum absolute atomic E-state index is 3.49. The zero-order chi connectivity index (χ0) is 11.5. The van der Waals surface area contributed by atoms with Crippen molar-refractivity contribution in [3.63, 3.8) is 0 Å². The van der Waals surface area contributed by atoms with Gasteiger partial charge in [-0.05, 0) is 43.9 Å². The molecular formula is C14H22N2. The van der Waals surface area contributed by atoms with Crippen molar-refractivity contribution in [2.24, 2.45) is 0 Å². The summed E-state index contributed by atoms with van der Waals surface area (Å²) in [6, 6.07) is 7.21. The van der Waals surface area contributed by atoms with Crippen LogP contribution in [0, 0.1) is 0 Å². The summed E-state index contributed by atoms with van der Waals surface area (Å²) in [5.74, 6) is 0. The third-order valence-corrected chi connectivity index (χ3v) is 3.70. The predicted octanol–water partition coefficient (Wildman–Crippen LogP) is 3.28. The van der Waals surface area contributed by atoms with Crippen LogP contribution in [-0.2, 0) is 6.42 Å². The molecule has 16 heavy (non-hydrogen) atoms. The zero-order valence-electron chi connectivity index (χ0n) is 10.6. The lowest BCUT2D eigenvalue weighted by molar-refractivity contribution is 0.659. The van der Waals surface area contributed by atoms with Gasteiger partial charge in [0.1, 0.15) is 0 Å². The van der Waals surface area contributed by atoms with Gasteiger partial charge in [0.15, 0.2) is 0 Å². The van der Waals surface area contributed by atoms with Crippen molar-refractivity contribution in [1.82, 2.24) is 0 Å². The van der Waals surface area contributed by atoms with E-state index in [2.05, 4.69) is 49.3 Å². The van der Waals surface area contributed by atoms with E-state index < -0.39 is 0 Å². The van der Waals surface area contributed by atoms with Gasteiger partial charge >= 0.3 is 0 Å². The molecule has 1 atom stereocenters. The van der Waals surface area contributed by atoms with Crippen molar-refractivity contribution in [3.8, 4) is 0 Å². The lowest BCUT2D eigenvalue weighted by Crippen LogP contribution is -2.29. The third-order valence-electron chi connectivity index (χ3n) is 3.70. The highest BCUT2D eigenvalue weighted by molar-refractivity contribution is 5.67. The molecule has 1 aliphatic heterocycles. The molecule has 2 nitrogen and oxygen atoms in total. The number of benzene rings is 1. The van der Waals surface area contributed by atoms with Gasteiger partial charge in [0.25, 0.3) is 0 Å². The van der Waals surface area contributed by atoms with Gasteiger partial charge in [-0.2, -0.15) is 0 Å². The van der Waals surface area contributed by atoms with Crippen LogP contribution >= 0.6 is 0 Å². The average Bonchev–Trinajstić information content (AvgIpc) is 2.36. The zero-order valence-corrected chi connectivity index (χ0v) is 10.6. The minimum Gasteiger partial charge on any atom is -0.385 e. The summed E-state index contributed by atoms with van der Waals surface area (Å²) in [4.78, 5) is 2.41. The van der Waals surface area contributed by atoms with Crippen LogP contribution in [0.1, 0.15) is 32.3 Å². The van der Waals surface area contributed by atoms with Crippen LogP contribution in [0.15, 0.2) is 18.2 Å². The smallest absolute Gasteiger partial charge is 0.0419 e. The van der Waals surface area contributed by atoms with Crippen molar-refractivity contribution >= 4 is 11.4 Å². The molecule has 2 rings (SSSR count). The Morgan fingerprint density at radius 1 is 1.44 bits per heavy atom. The SMILES string of the molecule is CCC(C)N(C)c1cccc2c1CCCN2. The molecule has 0 saturated carbocycles. The number of anilines is 2. The van der Waals surface area contributed by atoms with Gasteiger partial charge in [-0.3, -0.25) is 0 Å². The monoisotopic (exact) mass is 218 g/mol. The van der Waals surface area contributed by atoms with Crippen LogP contribution < -0.4 is 10.2 Å². The second-order valence-electron chi connectivity index (χ2n) is 4.70. The maximum Gasteiger partial charge on any atom is 0.0419 e. The minimum absolute atomic E-state index is 0.605. The minimum atomic E-state index is 0.605. The van der Waals surface area contributed by atoms with E-state index in [0.29, 0.717) is 6.04 Å². The summed E-state index contributed by atoms with van der Waals surface area (Å²) in [5, 5.41) is 3.49. The van der Waals surface area contributed by atoms with Crippen molar-refractivity contribution in [1.29, 1.82) is 0 Å². The van der Waals surface area contributed by atoms with E-state index in [4.69, 9.17) is 0 Å². The Labute approximate surface area is 98.7 Å². The van der Waals surface area contributed by atoms with Gasteiger partial charge in [-0.15, -0.1) is 0 Å². The number of fused-ring (bicyclic) bond motifs is 1. The number of nitrogens with one attached hydrogen (secondary N) is 1. The summed E-state index contributed by atoms with van der Waals surface area (Å²) in [5.41, 5.74) is 4.23. The van der Waals surface area contributed by atoms with Crippen molar-refractivity contribution in [2.45, 2.75) is 39.2 Å². The second-order valence-corrected chi connectivity index (χ2v) is 4.70. The average molecular weight is 218 g/mol. The van der Waals surface area contributed by atoms with Gasteiger partial charge < -0.3 is 10.2 Å². The molecule has 0 fully saturated rings. The molecule has 0 radical (unpaired) electrons. The summed E-state index contributed by atoms with van der Waals surface area (Å²) in [6.07, 6.45) is 3.64. The second kappa shape index (κ2) is 4.77. The Hall–Kier alpha value is -1.18. The number of nitrogens with zero attached hydrogens (tertiary/aromatic N) is 1. The van der Waals surface area contributed by atoms with E-state index >= 15 is 0 Å². The van der Waals surface area contributed by atoms with Gasteiger partial charge in [0.2, 0.25) is 0 Å². The molecule has 1 unspecified atom stereocenters. The highest BCUT2D eigenvalue weighted by atomic mass is 15.1. The molecule has 0 aromatic heterocycles. The number of hydrogen-bond donors (Lipinski definition) is 1. The van der Waals surface area contributed by atoms with Crippen LogP contribution in [0.4, 0.5) is 11.4 Å². The number of hydrogen-bond acceptors (Lipinski definition) is 2. The molecular weight excluding hydrogens is 196 g/mol. The molecule has 1 aliphatic rings. The molecule has 1 aromatic rings. The van der Waals surface area contributed by atoms with E-state index in [9.17, 15) is 0 Å². The molecule has 1 N–H and O–H groups in total. The van der Waals surface area contributed by atoms with E-state index in [1.807, 2.05) is 0 Å². The standard InChI is InChI=1S/C14H22N2/c1-4-11(2)16(3)14-9-5-8-13-12(14)7-6-10-15-13/h5,8-9,11,15H,4,6-7,10H2,1-3H3. The predicted molar refractivity (Wildman–Crippen MR) is 71.4 cm³/mol. The van der Waals surface area contributed by atoms with Crippen molar-refractivity contribution in [3.05, 3.63) is 23.8 Å². The topological polar surface area (TPSA) is 15.3 Å². The lowest BCUT2D eigenvalue weighted by Gasteiger charge is -2.31. The molecule has 2 heteroatoms. The fourth-order valence-corrected chi connectivity index (χ4v) is 2.33. The molecule has 88 valence electrons. The Kier molecular flexibility index (Phi) is 3.37. The molecule has 0 spiro atoms. The summed E-state index contributed by atoms with van der Waals surface area (Å²) in [7, 11) is 2.21. The first-order valence-corrected chi connectivity index (χ1v) is 6.32. The maximum atomic E-state index is 3.49. The Morgan fingerprint density at radius 2 is 2.25 bits per heavy atom. The normalized spacial score (nSPS) is 16.2. The summed E-state index contributed by atoms with van der Waals surface area (Å²) < 4.78 is 0. The number of rotatable bonds is 3. The van der Waals surface area contributed by atoms with Crippen LogP contribution in [0.25, 0.3) is 0 Å². The van der Waals surface area contributed by atoms with E-state index in [1.165, 1.54) is 36.2 Å². The lowest BCUT2D eigenvalue weighted by atomic mass is 10.00. The Morgan fingerprint density at radius 3 is 3.00 bits per heavy atom. The van der Waals surface area contributed by atoms with E-state index in [1.54, 1.807) is 0 Å². The van der Waals surface area contributed by atoms with Crippen LogP contribution in [0.2, 0.25) is 0 Å². The molecule has 0 aliphatic carbocycles. The van der Waals surface area contributed by atoms with Crippen molar-refractivity contribution < 1.29 is 0 Å². The first-order valence-electron chi connectivity index (χ1n) is 6.32. The quantitative estimate of drug-likeness (QED) is 0.837. The van der Waals surface area contributed by atoms with Crippen LogP contribution in [0.5, 0.6) is 0 Å². The molecule has 0 amide bonds. The Balaban J connectivity index is 2.33. The van der Waals surface area contributed by atoms with Crippen LogP contribution in [-0.4, -0.2) is 19.6 Å². The molecule has 0 saturated heterocycles. The Bertz CT molecular complexity index is 360. The van der Waals surface area contributed by atoms with E-state index in [0.717, 1.165) is 6.54 Å². The largest absolute Gasteiger partial charge is 0.385 e. The van der Waals surface area contributed by atoms with Gasteiger partial charge in [-0.1, -0.05) is 13.0 Å².